The molecule has 1 aliphatic carbocycles. The molecule has 0 aliphatic heterocycles. The number of benzene rings is 1. The van der Waals surface area contributed by atoms with E-state index in [9.17, 15) is 5.11 Å². The van der Waals surface area contributed by atoms with Crippen molar-refractivity contribution in [3.63, 3.8) is 0 Å². The lowest BCUT2D eigenvalue weighted by Crippen LogP contribution is -2.25. The van der Waals surface area contributed by atoms with Crippen molar-refractivity contribution >= 4 is 0 Å². The van der Waals surface area contributed by atoms with Crippen LogP contribution in [0.4, 0.5) is 0 Å². The smallest absolute Gasteiger partial charge is 0.118 e. The maximum Gasteiger partial charge on any atom is 0.118 e. The number of phenols is 1. The Labute approximate surface area is 91.1 Å². The first-order valence-corrected chi connectivity index (χ1v) is 5.43. The molecular weight excluding hydrogens is 186 g/mol. The third-order valence-corrected chi connectivity index (χ3v) is 4.02. The molecule has 1 saturated carbocycles. The number of aromatic hydroxyl groups is 1. The third-order valence-electron chi connectivity index (χ3n) is 4.02. The van der Waals surface area contributed by atoms with E-state index in [1.54, 1.807) is 0 Å². The van der Waals surface area contributed by atoms with E-state index in [0.29, 0.717) is 12.3 Å². The number of aryl methyl sites for hydroxylation is 1. The van der Waals surface area contributed by atoms with Crippen LogP contribution in [0.3, 0.4) is 0 Å². The molecule has 0 radical (unpaired) electrons. The molecule has 0 amide bonds. The van der Waals surface area contributed by atoms with Gasteiger partial charge >= 0.3 is 0 Å². The van der Waals surface area contributed by atoms with Crippen LogP contribution in [0.1, 0.15) is 31.4 Å². The second-order valence-corrected chi connectivity index (χ2v) is 5.35. The second-order valence-electron chi connectivity index (χ2n) is 5.35. The van der Waals surface area contributed by atoms with Crippen LogP contribution in [0, 0.1) is 12.3 Å². The summed E-state index contributed by atoms with van der Waals surface area (Å²) >= 11 is 0. The summed E-state index contributed by atoms with van der Waals surface area (Å²) in [6.45, 7) is 7.03. The van der Waals surface area contributed by atoms with Crippen LogP contribution < -0.4 is 5.73 Å². The van der Waals surface area contributed by atoms with E-state index in [2.05, 4.69) is 19.9 Å². The van der Waals surface area contributed by atoms with Crippen molar-refractivity contribution in [1.29, 1.82) is 0 Å². The lowest BCUT2D eigenvalue weighted by atomic mass is 9.87. The van der Waals surface area contributed by atoms with Crippen molar-refractivity contribution in [2.75, 3.05) is 6.54 Å². The molecule has 2 nitrogen and oxygen atoms in total. The number of nitrogens with two attached hydrogens (primary N) is 1. The zero-order chi connectivity index (χ0) is 11.3. The number of rotatable bonds is 2. The topological polar surface area (TPSA) is 46.2 Å². The Morgan fingerprint density at radius 1 is 1.40 bits per heavy atom. The monoisotopic (exact) mass is 205 g/mol. The van der Waals surface area contributed by atoms with Gasteiger partial charge in [0, 0.05) is 12.0 Å². The Kier molecular flexibility index (Phi) is 2.09. The van der Waals surface area contributed by atoms with Crippen molar-refractivity contribution < 1.29 is 5.11 Å². The lowest BCUT2D eigenvalue weighted by Gasteiger charge is -2.19. The van der Waals surface area contributed by atoms with Gasteiger partial charge in [0.1, 0.15) is 5.75 Å². The largest absolute Gasteiger partial charge is 0.508 e. The zero-order valence-corrected chi connectivity index (χ0v) is 9.67. The highest BCUT2D eigenvalue weighted by Gasteiger charge is 2.60. The van der Waals surface area contributed by atoms with Gasteiger partial charge < -0.3 is 10.8 Å². The summed E-state index contributed by atoms with van der Waals surface area (Å²) in [6.07, 6.45) is 1.11. The minimum Gasteiger partial charge on any atom is -0.508 e. The SMILES string of the molecule is Cc1ccc(C2(CN)CC2(C)C)cc1O. The number of phenolic OH excluding ortho intramolecular Hbond substituents is 1. The average molecular weight is 205 g/mol. The average Bonchev–Trinajstić information content (AvgIpc) is 2.75. The molecule has 1 fully saturated rings. The van der Waals surface area contributed by atoms with E-state index in [1.807, 2.05) is 19.1 Å². The summed E-state index contributed by atoms with van der Waals surface area (Å²) < 4.78 is 0. The lowest BCUT2D eigenvalue weighted by molar-refractivity contribution is 0.463. The standard InChI is InChI=1S/C13H19NO/c1-9-4-5-10(6-11(9)15)13(8-14)7-12(13,2)3/h4-6,15H,7-8,14H2,1-3H3. The van der Waals surface area contributed by atoms with E-state index in [4.69, 9.17) is 5.73 Å². The maximum atomic E-state index is 9.72. The molecule has 0 aromatic heterocycles. The van der Waals surface area contributed by atoms with Crippen LogP contribution >= 0.6 is 0 Å². The minimum atomic E-state index is 0.0815. The van der Waals surface area contributed by atoms with Gasteiger partial charge in [0.15, 0.2) is 0 Å². The van der Waals surface area contributed by atoms with Gasteiger partial charge in [-0.3, -0.25) is 0 Å². The molecule has 2 rings (SSSR count). The molecule has 2 heteroatoms. The van der Waals surface area contributed by atoms with Gasteiger partial charge in [-0.1, -0.05) is 26.0 Å². The van der Waals surface area contributed by atoms with Crippen LogP contribution in [0.5, 0.6) is 5.75 Å². The zero-order valence-electron chi connectivity index (χ0n) is 9.67. The Balaban J connectivity index is 2.42. The Bertz CT molecular complexity index is 398. The molecule has 0 spiro atoms. The predicted octanol–water partition coefficient (Wildman–Crippen LogP) is 2.33. The summed E-state index contributed by atoms with van der Waals surface area (Å²) in [7, 11) is 0. The summed E-state index contributed by atoms with van der Waals surface area (Å²) in [5.74, 6) is 0.378. The van der Waals surface area contributed by atoms with Gasteiger partial charge in [-0.05, 0) is 36.0 Å². The van der Waals surface area contributed by atoms with Crippen LogP contribution in [-0.4, -0.2) is 11.7 Å². The quantitative estimate of drug-likeness (QED) is 0.778. The Hall–Kier alpha value is -1.02. The van der Waals surface area contributed by atoms with E-state index in [1.165, 1.54) is 5.56 Å². The molecule has 1 aromatic carbocycles. The molecule has 82 valence electrons. The summed E-state index contributed by atoms with van der Waals surface area (Å²) in [5, 5.41) is 9.72. The van der Waals surface area contributed by atoms with Crippen molar-refractivity contribution in [2.24, 2.45) is 11.1 Å². The molecule has 1 atom stereocenters. The predicted molar refractivity (Wildman–Crippen MR) is 62.0 cm³/mol. The van der Waals surface area contributed by atoms with Gasteiger partial charge in [0.05, 0.1) is 0 Å². The fourth-order valence-electron chi connectivity index (χ4n) is 2.58. The van der Waals surface area contributed by atoms with Gasteiger partial charge in [0.25, 0.3) is 0 Å². The van der Waals surface area contributed by atoms with Crippen LogP contribution in [0.15, 0.2) is 18.2 Å². The highest BCUT2D eigenvalue weighted by Crippen LogP contribution is 2.63. The molecule has 3 N–H and O–H groups in total. The molecule has 1 unspecified atom stereocenters. The highest BCUT2D eigenvalue weighted by atomic mass is 16.3. The van der Waals surface area contributed by atoms with Crippen molar-refractivity contribution in [1.82, 2.24) is 0 Å². The van der Waals surface area contributed by atoms with Crippen molar-refractivity contribution in [3.05, 3.63) is 29.3 Å². The van der Waals surface area contributed by atoms with Gasteiger partial charge in [-0.25, -0.2) is 0 Å². The number of hydrogen-bond acceptors (Lipinski definition) is 2. The molecule has 0 bridgehead atoms. The van der Waals surface area contributed by atoms with E-state index < -0.39 is 0 Å². The van der Waals surface area contributed by atoms with Crippen LogP contribution in [-0.2, 0) is 5.41 Å². The fourth-order valence-corrected chi connectivity index (χ4v) is 2.58. The van der Waals surface area contributed by atoms with E-state index in [-0.39, 0.29) is 10.8 Å². The first kappa shape index (κ1) is 10.5. The molecule has 0 saturated heterocycles. The first-order chi connectivity index (χ1) is 6.93. The molecule has 0 heterocycles. The highest BCUT2D eigenvalue weighted by molar-refractivity contribution is 5.44. The van der Waals surface area contributed by atoms with Gasteiger partial charge in [-0.15, -0.1) is 0 Å². The molecule has 15 heavy (non-hydrogen) atoms. The molecule has 1 aromatic rings. The molecule has 1 aliphatic rings. The summed E-state index contributed by atoms with van der Waals surface area (Å²) in [4.78, 5) is 0. The van der Waals surface area contributed by atoms with Crippen LogP contribution in [0.2, 0.25) is 0 Å². The van der Waals surface area contributed by atoms with Gasteiger partial charge in [-0.2, -0.15) is 0 Å². The van der Waals surface area contributed by atoms with E-state index in [0.717, 1.165) is 12.0 Å². The first-order valence-electron chi connectivity index (χ1n) is 5.43. The second kappa shape index (κ2) is 2.99. The summed E-state index contributed by atoms with van der Waals surface area (Å²) in [5.41, 5.74) is 8.33. The van der Waals surface area contributed by atoms with E-state index >= 15 is 0 Å². The third kappa shape index (κ3) is 1.36. The normalized spacial score (nSPS) is 27.7. The van der Waals surface area contributed by atoms with Crippen molar-refractivity contribution in [3.8, 4) is 5.75 Å². The molecular formula is C13H19NO. The fraction of sp³-hybridized carbons (Fsp3) is 0.538. The van der Waals surface area contributed by atoms with Gasteiger partial charge in [0.2, 0.25) is 0 Å². The minimum absolute atomic E-state index is 0.0815. The van der Waals surface area contributed by atoms with Crippen LogP contribution in [0.25, 0.3) is 0 Å². The Morgan fingerprint density at radius 2 is 2.00 bits per heavy atom. The Morgan fingerprint density at radius 3 is 2.40 bits per heavy atom. The van der Waals surface area contributed by atoms with Crippen molar-refractivity contribution in [2.45, 2.75) is 32.6 Å². The maximum absolute atomic E-state index is 9.72. The summed E-state index contributed by atoms with van der Waals surface area (Å²) in [6, 6.07) is 5.93. The number of hydrogen-bond donors (Lipinski definition) is 2.